The second-order valence-electron chi connectivity index (χ2n) is 4.67. The Morgan fingerprint density at radius 1 is 1.11 bits per heavy atom. The number of aryl methyl sites for hydroxylation is 1. The van der Waals surface area contributed by atoms with Crippen molar-refractivity contribution >= 4 is 5.57 Å². The van der Waals surface area contributed by atoms with Gasteiger partial charge in [0.05, 0.1) is 0 Å². The Labute approximate surface area is 116 Å². The van der Waals surface area contributed by atoms with Gasteiger partial charge in [0.2, 0.25) is 0 Å². The van der Waals surface area contributed by atoms with Crippen LogP contribution in [0.25, 0.3) is 16.7 Å². The Bertz CT molecular complexity index is 589. The minimum absolute atomic E-state index is 1.02. The molecule has 0 radical (unpaired) electrons. The molecule has 0 bridgehead atoms. The highest BCUT2D eigenvalue weighted by molar-refractivity contribution is 5.78. The van der Waals surface area contributed by atoms with Crippen molar-refractivity contribution in [2.24, 2.45) is 0 Å². The van der Waals surface area contributed by atoms with E-state index < -0.39 is 0 Å². The molecule has 2 aromatic rings. The van der Waals surface area contributed by atoms with E-state index in [0.717, 1.165) is 6.42 Å². The zero-order valence-electron chi connectivity index (χ0n) is 11.7. The number of hydrogen-bond donors (Lipinski definition) is 0. The summed E-state index contributed by atoms with van der Waals surface area (Å²) in [5.74, 6) is 0. The Kier molecular flexibility index (Phi) is 4.35. The molecule has 2 rings (SSSR count). The van der Waals surface area contributed by atoms with Crippen LogP contribution in [0.5, 0.6) is 0 Å². The Morgan fingerprint density at radius 2 is 1.84 bits per heavy atom. The van der Waals surface area contributed by atoms with Crippen LogP contribution in [0.15, 0.2) is 67.3 Å². The van der Waals surface area contributed by atoms with Gasteiger partial charge in [-0.15, -0.1) is 0 Å². The molecule has 0 aromatic heterocycles. The first kappa shape index (κ1) is 13.4. The van der Waals surface area contributed by atoms with Crippen molar-refractivity contribution in [3.05, 3.63) is 78.4 Å². The normalized spacial score (nSPS) is 11.4. The van der Waals surface area contributed by atoms with Gasteiger partial charge >= 0.3 is 0 Å². The second-order valence-corrected chi connectivity index (χ2v) is 4.67. The van der Waals surface area contributed by atoms with E-state index in [9.17, 15) is 0 Å². The van der Waals surface area contributed by atoms with Crippen molar-refractivity contribution in [2.75, 3.05) is 0 Å². The van der Waals surface area contributed by atoms with Crippen molar-refractivity contribution < 1.29 is 0 Å². The lowest BCUT2D eigenvalue weighted by Gasteiger charge is -2.10. The Morgan fingerprint density at radius 3 is 2.47 bits per heavy atom. The number of rotatable bonds is 4. The molecule has 0 aliphatic heterocycles. The van der Waals surface area contributed by atoms with Crippen LogP contribution in [0.3, 0.4) is 0 Å². The molecule has 0 fully saturated rings. The average Bonchev–Trinajstić information content (AvgIpc) is 2.46. The first-order valence-corrected chi connectivity index (χ1v) is 6.75. The fourth-order valence-electron chi connectivity index (χ4n) is 2.27. The third kappa shape index (κ3) is 3.03. The van der Waals surface area contributed by atoms with Gasteiger partial charge in [0.25, 0.3) is 0 Å². The van der Waals surface area contributed by atoms with Gasteiger partial charge in [-0.05, 0) is 47.2 Å². The molecule has 0 spiro atoms. The summed E-state index contributed by atoms with van der Waals surface area (Å²) < 4.78 is 0. The van der Waals surface area contributed by atoms with Gasteiger partial charge in [0.15, 0.2) is 0 Å². The van der Waals surface area contributed by atoms with Gasteiger partial charge in [-0.3, -0.25) is 0 Å². The molecule has 0 heterocycles. The molecule has 96 valence electrons. The van der Waals surface area contributed by atoms with E-state index in [2.05, 4.69) is 75.0 Å². The smallest absolute Gasteiger partial charge is 0.0149 e. The van der Waals surface area contributed by atoms with Crippen LogP contribution >= 0.6 is 0 Å². The first-order valence-electron chi connectivity index (χ1n) is 6.75. The number of benzene rings is 2. The highest BCUT2D eigenvalue weighted by Crippen LogP contribution is 2.27. The van der Waals surface area contributed by atoms with Gasteiger partial charge < -0.3 is 0 Å². The molecule has 0 aliphatic rings. The summed E-state index contributed by atoms with van der Waals surface area (Å²) in [6, 6.07) is 17.1. The molecule has 0 amide bonds. The second kappa shape index (κ2) is 6.19. The lowest BCUT2D eigenvalue weighted by molar-refractivity contribution is 1.23. The van der Waals surface area contributed by atoms with Crippen LogP contribution in [0.2, 0.25) is 0 Å². The zero-order chi connectivity index (χ0) is 13.7. The van der Waals surface area contributed by atoms with Gasteiger partial charge in [-0.2, -0.15) is 0 Å². The topological polar surface area (TPSA) is 0 Å². The average molecular weight is 248 g/mol. The summed E-state index contributed by atoms with van der Waals surface area (Å²) in [6.45, 7) is 8.22. The number of hydrogen-bond acceptors (Lipinski definition) is 0. The van der Waals surface area contributed by atoms with E-state index in [0.29, 0.717) is 0 Å². The summed E-state index contributed by atoms with van der Waals surface area (Å²) in [5.41, 5.74) is 6.31. The summed E-state index contributed by atoms with van der Waals surface area (Å²) in [7, 11) is 0. The van der Waals surface area contributed by atoms with Gasteiger partial charge in [0.1, 0.15) is 0 Å². The largest absolute Gasteiger partial charge is 0.0985 e. The minimum Gasteiger partial charge on any atom is -0.0985 e. The first-order chi connectivity index (χ1) is 9.26. The maximum atomic E-state index is 3.91. The third-order valence-corrected chi connectivity index (χ3v) is 3.30. The van der Waals surface area contributed by atoms with Crippen LogP contribution in [0.4, 0.5) is 0 Å². The summed E-state index contributed by atoms with van der Waals surface area (Å²) in [4.78, 5) is 0. The van der Waals surface area contributed by atoms with Crippen LogP contribution in [-0.4, -0.2) is 0 Å². The predicted octanol–water partition coefficient (Wildman–Crippen LogP) is 5.64. The zero-order valence-corrected chi connectivity index (χ0v) is 11.7. The molecule has 19 heavy (non-hydrogen) atoms. The van der Waals surface area contributed by atoms with Crippen LogP contribution < -0.4 is 0 Å². The van der Waals surface area contributed by atoms with E-state index in [1.165, 1.54) is 27.8 Å². The highest BCUT2D eigenvalue weighted by Gasteiger charge is 2.04. The molecule has 0 heteroatoms. The lowest BCUT2D eigenvalue weighted by atomic mass is 9.95. The molecule has 0 aliphatic carbocycles. The third-order valence-electron chi connectivity index (χ3n) is 3.30. The number of allylic oxidation sites excluding steroid dienone is 3. The van der Waals surface area contributed by atoms with Crippen molar-refractivity contribution in [1.82, 2.24) is 0 Å². The SMILES string of the molecule is C=C/C(=C\CC)c1ccc(C)c(-c2ccccc2)c1. The van der Waals surface area contributed by atoms with Crippen molar-refractivity contribution in [3.63, 3.8) is 0 Å². The molecule has 0 saturated heterocycles. The van der Waals surface area contributed by atoms with Crippen LogP contribution in [0.1, 0.15) is 24.5 Å². The standard InChI is InChI=1S/C19H20/c1-4-9-16(5-2)18-13-12-15(3)19(14-18)17-10-7-6-8-11-17/h5-14H,2,4H2,1,3H3/b16-9+. The van der Waals surface area contributed by atoms with E-state index in [1.807, 2.05) is 6.08 Å². The maximum Gasteiger partial charge on any atom is -0.0149 e. The van der Waals surface area contributed by atoms with Gasteiger partial charge in [-0.1, -0.05) is 68.1 Å². The molecular weight excluding hydrogens is 228 g/mol. The van der Waals surface area contributed by atoms with Crippen molar-refractivity contribution in [3.8, 4) is 11.1 Å². The molecule has 0 nitrogen and oxygen atoms in total. The van der Waals surface area contributed by atoms with E-state index in [1.54, 1.807) is 0 Å². The van der Waals surface area contributed by atoms with E-state index in [4.69, 9.17) is 0 Å². The van der Waals surface area contributed by atoms with Crippen molar-refractivity contribution in [2.45, 2.75) is 20.3 Å². The minimum atomic E-state index is 1.02. The summed E-state index contributed by atoms with van der Waals surface area (Å²) >= 11 is 0. The van der Waals surface area contributed by atoms with Gasteiger partial charge in [0, 0.05) is 0 Å². The maximum absolute atomic E-state index is 3.91. The van der Waals surface area contributed by atoms with Crippen LogP contribution in [0, 0.1) is 6.92 Å². The molecule has 0 saturated carbocycles. The molecule has 2 aromatic carbocycles. The Hall–Kier alpha value is -2.08. The Balaban J connectivity index is 2.52. The van der Waals surface area contributed by atoms with Gasteiger partial charge in [-0.25, -0.2) is 0 Å². The monoisotopic (exact) mass is 248 g/mol. The van der Waals surface area contributed by atoms with E-state index in [-0.39, 0.29) is 0 Å². The molecule has 0 atom stereocenters. The highest BCUT2D eigenvalue weighted by atomic mass is 14.1. The fourth-order valence-corrected chi connectivity index (χ4v) is 2.27. The molecule has 0 N–H and O–H groups in total. The molecule has 0 unspecified atom stereocenters. The van der Waals surface area contributed by atoms with Crippen LogP contribution in [-0.2, 0) is 0 Å². The molecular formula is C19H20. The van der Waals surface area contributed by atoms with E-state index >= 15 is 0 Å². The predicted molar refractivity (Wildman–Crippen MR) is 85.1 cm³/mol. The summed E-state index contributed by atoms with van der Waals surface area (Å²) in [6.07, 6.45) is 5.17. The van der Waals surface area contributed by atoms with Crippen molar-refractivity contribution in [1.29, 1.82) is 0 Å². The quantitative estimate of drug-likeness (QED) is 0.614. The lowest BCUT2D eigenvalue weighted by Crippen LogP contribution is -1.87. The summed E-state index contributed by atoms with van der Waals surface area (Å²) in [5, 5.41) is 0. The fraction of sp³-hybridized carbons (Fsp3) is 0.158.